The van der Waals surface area contributed by atoms with Crippen LogP contribution >= 0.6 is 0 Å². The fourth-order valence-electron chi connectivity index (χ4n) is 3.12. The normalized spacial score (nSPS) is 15.9. The van der Waals surface area contributed by atoms with Crippen LogP contribution in [0, 0.1) is 5.82 Å². The van der Waals surface area contributed by atoms with Gasteiger partial charge in [-0.1, -0.05) is 0 Å². The Kier molecular flexibility index (Phi) is 5.33. The fraction of sp³-hybridized carbons (Fsp3) is 0.263. The highest BCUT2D eigenvalue weighted by molar-refractivity contribution is 5.90. The Labute approximate surface area is 170 Å². The van der Waals surface area contributed by atoms with E-state index in [2.05, 4.69) is 20.1 Å². The van der Waals surface area contributed by atoms with Gasteiger partial charge in [0.2, 0.25) is 0 Å². The highest BCUT2D eigenvalue weighted by atomic mass is 19.1. The monoisotopic (exact) mass is 414 g/mol. The Morgan fingerprint density at radius 3 is 3.03 bits per heavy atom. The van der Waals surface area contributed by atoms with Crippen molar-refractivity contribution < 1.29 is 23.5 Å². The third-order valence-corrected chi connectivity index (χ3v) is 4.57. The van der Waals surface area contributed by atoms with Gasteiger partial charge in [-0.15, -0.1) is 0 Å². The SMILES string of the molecule is COC(=O)NC[C@H]1CN(c2ccc(-n3cnc(Cn4cccn4)c3)c(F)c2)C(=O)O1. The maximum atomic E-state index is 14.8. The summed E-state index contributed by atoms with van der Waals surface area (Å²) in [6, 6.07) is 6.27. The second kappa shape index (κ2) is 8.23. The summed E-state index contributed by atoms with van der Waals surface area (Å²) in [6.07, 6.45) is 4.95. The van der Waals surface area contributed by atoms with Crippen molar-refractivity contribution in [3.05, 3.63) is 60.7 Å². The number of nitrogens with one attached hydrogen (secondary N) is 1. The Balaban J connectivity index is 1.45. The molecular formula is C19H19FN6O4. The van der Waals surface area contributed by atoms with Crippen molar-refractivity contribution in [2.75, 3.05) is 25.1 Å². The highest BCUT2D eigenvalue weighted by Gasteiger charge is 2.33. The molecule has 3 heterocycles. The molecule has 4 rings (SSSR count). The molecule has 0 bridgehead atoms. The molecule has 1 fully saturated rings. The summed E-state index contributed by atoms with van der Waals surface area (Å²) in [6.45, 7) is 0.755. The van der Waals surface area contributed by atoms with E-state index in [9.17, 15) is 14.0 Å². The molecule has 2 amide bonds. The number of hydrogen-bond acceptors (Lipinski definition) is 6. The van der Waals surface area contributed by atoms with E-state index < -0.39 is 24.1 Å². The molecule has 0 aliphatic carbocycles. The van der Waals surface area contributed by atoms with Crippen molar-refractivity contribution in [1.29, 1.82) is 0 Å². The lowest BCUT2D eigenvalue weighted by atomic mass is 10.2. The van der Waals surface area contributed by atoms with Crippen LogP contribution in [0.1, 0.15) is 5.69 Å². The number of imidazole rings is 1. The van der Waals surface area contributed by atoms with Gasteiger partial charge in [0.1, 0.15) is 11.9 Å². The summed E-state index contributed by atoms with van der Waals surface area (Å²) < 4.78 is 27.8. The number of halogens is 1. The molecule has 10 nitrogen and oxygen atoms in total. The van der Waals surface area contributed by atoms with Crippen LogP contribution in [0.25, 0.3) is 5.69 Å². The number of amides is 2. The molecule has 1 atom stereocenters. The first-order chi connectivity index (χ1) is 14.5. The third-order valence-electron chi connectivity index (χ3n) is 4.57. The largest absolute Gasteiger partial charge is 0.453 e. The van der Waals surface area contributed by atoms with Gasteiger partial charge in [-0.3, -0.25) is 9.58 Å². The molecule has 1 saturated heterocycles. The zero-order chi connectivity index (χ0) is 21.1. The van der Waals surface area contributed by atoms with Gasteiger partial charge < -0.3 is 19.4 Å². The number of carbonyl (C=O) groups is 2. The van der Waals surface area contributed by atoms with Crippen LogP contribution in [0.15, 0.2) is 49.2 Å². The predicted octanol–water partition coefficient (Wildman–Crippen LogP) is 1.94. The molecular weight excluding hydrogens is 395 g/mol. The van der Waals surface area contributed by atoms with Gasteiger partial charge in [-0.2, -0.15) is 5.10 Å². The average Bonchev–Trinajstić information content (AvgIpc) is 3.48. The predicted molar refractivity (Wildman–Crippen MR) is 103 cm³/mol. The zero-order valence-electron chi connectivity index (χ0n) is 16.1. The number of rotatable bonds is 6. The standard InChI is InChI=1S/C19H19FN6O4/c1-29-18(27)21-8-15-11-26(19(28)30-15)14-3-4-17(16(20)7-14)24-9-13(22-12-24)10-25-6-2-5-23-25/h2-7,9,12,15H,8,10-11H2,1H3,(H,21,27)/t15-/m0/s1. The van der Waals surface area contributed by atoms with E-state index >= 15 is 0 Å². The molecule has 0 radical (unpaired) electrons. The van der Waals surface area contributed by atoms with Crippen molar-refractivity contribution >= 4 is 17.9 Å². The summed E-state index contributed by atoms with van der Waals surface area (Å²) in [4.78, 5) is 28.9. The number of anilines is 1. The minimum absolute atomic E-state index is 0.101. The minimum Gasteiger partial charge on any atom is -0.453 e. The second-order valence-electron chi connectivity index (χ2n) is 6.60. The van der Waals surface area contributed by atoms with Gasteiger partial charge >= 0.3 is 12.2 Å². The zero-order valence-corrected chi connectivity index (χ0v) is 16.1. The Morgan fingerprint density at radius 2 is 2.30 bits per heavy atom. The number of benzene rings is 1. The van der Waals surface area contributed by atoms with E-state index in [1.54, 1.807) is 33.8 Å². The van der Waals surface area contributed by atoms with Crippen molar-refractivity contribution in [3.8, 4) is 5.69 Å². The summed E-state index contributed by atoms with van der Waals surface area (Å²) >= 11 is 0. The molecule has 1 aromatic carbocycles. The molecule has 2 aromatic heterocycles. The Bertz CT molecular complexity index is 1050. The summed E-state index contributed by atoms with van der Waals surface area (Å²) in [5.41, 5.74) is 1.39. The number of aromatic nitrogens is 4. The van der Waals surface area contributed by atoms with Gasteiger partial charge in [-0.05, 0) is 24.3 Å². The van der Waals surface area contributed by atoms with Crippen LogP contribution in [0.3, 0.4) is 0 Å². The van der Waals surface area contributed by atoms with E-state index in [1.165, 1.54) is 24.4 Å². The molecule has 156 valence electrons. The third kappa shape index (κ3) is 4.09. The van der Waals surface area contributed by atoms with Crippen molar-refractivity contribution in [1.82, 2.24) is 24.6 Å². The van der Waals surface area contributed by atoms with Gasteiger partial charge in [0.05, 0.1) is 50.1 Å². The lowest BCUT2D eigenvalue weighted by molar-refractivity contribution is 0.132. The maximum Gasteiger partial charge on any atom is 0.414 e. The molecule has 11 heteroatoms. The van der Waals surface area contributed by atoms with Crippen LogP contribution in [-0.2, 0) is 16.0 Å². The minimum atomic E-state index is -0.618. The number of carbonyl (C=O) groups excluding carboxylic acids is 2. The van der Waals surface area contributed by atoms with Crippen molar-refractivity contribution in [3.63, 3.8) is 0 Å². The van der Waals surface area contributed by atoms with Crippen LogP contribution in [-0.4, -0.2) is 57.8 Å². The van der Waals surface area contributed by atoms with Gasteiger partial charge in [0, 0.05) is 18.6 Å². The molecule has 0 saturated carbocycles. The smallest absolute Gasteiger partial charge is 0.414 e. The first-order valence-electron chi connectivity index (χ1n) is 9.13. The van der Waals surface area contributed by atoms with Crippen molar-refractivity contribution in [2.45, 2.75) is 12.6 Å². The quantitative estimate of drug-likeness (QED) is 0.661. The van der Waals surface area contributed by atoms with E-state index in [-0.39, 0.29) is 13.1 Å². The molecule has 1 aliphatic rings. The number of nitrogens with zero attached hydrogens (tertiary/aromatic N) is 5. The number of hydrogen-bond donors (Lipinski definition) is 1. The van der Waals surface area contributed by atoms with Crippen LogP contribution in [0.2, 0.25) is 0 Å². The fourth-order valence-corrected chi connectivity index (χ4v) is 3.12. The van der Waals surface area contributed by atoms with Crippen LogP contribution in [0.4, 0.5) is 19.7 Å². The molecule has 30 heavy (non-hydrogen) atoms. The Morgan fingerprint density at radius 1 is 1.43 bits per heavy atom. The van der Waals surface area contributed by atoms with Crippen molar-refractivity contribution in [2.24, 2.45) is 0 Å². The topological polar surface area (TPSA) is 104 Å². The Hall–Kier alpha value is -3.89. The van der Waals surface area contributed by atoms with Gasteiger partial charge in [0.25, 0.3) is 0 Å². The van der Waals surface area contributed by atoms with E-state index in [1.807, 2.05) is 12.3 Å². The average molecular weight is 414 g/mol. The summed E-state index contributed by atoms with van der Waals surface area (Å²) in [5.74, 6) is -0.514. The molecule has 0 spiro atoms. The number of methoxy groups -OCH3 is 1. The maximum absolute atomic E-state index is 14.8. The number of alkyl carbamates (subject to hydrolysis) is 1. The van der Waals surface area contributed by atoms with Crippen LogP contribution in [0.5, 0.6) is 0 Å². The summed E-state index contributed by atoms with van der Waals surface area (Å²) in [7, 11) is 1.24. The summed E-state index contributed by atoms with van der Waals surface area (Å²) in [5, 5.41) is 6.59. The molecule has 3 aromatic rings. The van der Waals surface area contributed by atoms with E-state index in [4.69, 9.17) is 4.74 Å². The van der Waals surface area contributed by atoms with E-state index in [0.29, 0.717) is 17.9 Å². The molecule has 1 aliphatic heterocycles. The first kappa shape index (κ1) is 19.4. The number of cyclic esters (lactones) is 1. The molecule has 1 N–H and O–H groups in total. The lowest BCUT2D eigenvalue weighted by Crippen LogP contribution is -2.34. The van der Waals surface area contributed by atoms with Crippen LogP contribution < -0.4 is 10.2 Å². The lowest BCUT2D eigenvalue weighted by Gasteiger charge is -2.14. The van der Waals surface area contributed by atoms with Gasteiger partial charge in [-0.25, -0.2) is 19.0 Å². The number of ether oxygens (including phenoxy) is 2. The first-order valence-corrected chi connectivity index (χ1v) is 9.13. The second-order valence-corrected chi connectivity index (χ2v) is 6.60. The highest BCUT2D eigenvalue weighted by Crippen LogP contribution is 2.25. The van der Waals surface area contributed by atoms with E-state index in [0.717, 1.165) is 5.69 Å². The molecule has 0 unspecified atom stereocenters. The van der Waals surface area contributed by atoms with Gasteiger partial charge in [0.15, 0.2) is 0 Å².